The Bertz CT molecular complexity index is 844. The molecule has 0 radical (unpaired) electrons. The third-order valence-corrected chi connectivity index (χ3v) is 5.76. The number of hydrogen-bond donors (Lipinski definition) is 2. The Morgan fingerprint density at radius 3 is 2.59 bits per heavy atom. The van der Waals surface area contributed by atoms with E-state index in [0.29, 0.717) is 25.2 Å². The van der Waals surface area contributed by atoms with Crippen LogP contribution in [-0.2, 0) is 11.3 Å². The predicted molar refractivity (Wildman–Crippen MR) is 103 cm³/mol. The summed E-state index contributed by atoms with van der Waals surface area (Å²) in [6.45, 7) is 3.34. The van der Waals surface area contributed by atoms with Crippen LogP contribution in [0.1, 0.15) is 43.3 Å². The summed E-state index contributed by atoms with van der Waals surface area (Å²) in [4.78, 5) is 38.9. The maximum atomic E-state index is 12.7. The number of nitrogens with zero attached hydrogens (tertiary/aromatic N) is 1. The minimum atomic E-state index is -0.963. The quantitative estimate of drug-likeness (QED) is 0.827. The van der Waals surface area contributed by atoms with E-state index in [9.17, 15) is 14.4 Å². The van der Waals surface area contributed by atoms with Gasteiger partial charge in [0.2, 0.25) is 5.91 Å². The number of aryl methyl sites for hydroxylation is 1. The van der Waals surface area contributed by atoms with Gasteiger partial charge in [0, 0.05) is 23.5 Å². The van der Waals surface area contributed by atoms with Gasteiger partial charge in [0.25, 0.3) is 5.91 Å². The average molecular weight is 386 g/mol. The number of carbonyl (C=O) groups excluding carboxylic acids is 2. The number of carboxylic acid groups (broad SMARTS) is 1. The van der Waals surface area contributed by atoms with Crippen LogP contribution in [-0.4, -0.2) is 40.9 Å². The summed E-state index contributed by atoms with van der Waals surface area (Å²) in [5.41, 5.74) is 1.74. The number of nitrogens with one attached hydrogen (secondary N) is 1. The molecule has 1 unspecified atom stereocenters. The minimum Gasteiger partial charge on any atom is -0.477 e. The third-order valence-electron chi connectivity index (χ3n) is 4.69. The molecule has 0 saturated carbocycles. The Kier molecular flexibility index (Phi) is 5.91. The van der Waals surface area contributed by atoms with Gasteiger partial charge in [0.15, 0.2) is 0 Å². The number of benzene rings is 1. The van der Waals surface area contributed by atoms with Gasteiger partial charge in [-0.2, -0.15) is 0 Å². The van der Waals surface area contributed by atoms with Crippen molar-refractivity contribution in [3.8, 4) is 0 Å². The van der Waals surface area contributed by atoms with E-state index >= 15 is 0 Å². The second kappa shape index (κ2) is 8.35. The van der Waals surface area contributed by atoms with Gasteiger partial charge in [0.1, 0.15) is 4.88 Å². The molecule has 2 aromatic rings. The average Bonchev–Trinajstić information content (AvgIpc) is 3.16. The number of likely N-dealkylation sites (tertiary alicyclic amines) is 1. The third kappa shape index (κ3) is 4.74. The van der Waals surface area contributed by atoms with Crippen molar-refractivity contribution in [1.29, 1.82) is 0 Å². The zero-order chi connectivity index (χ0) is 19.4. The van der Waals surface area contributed by atoms with Gasteiger partial charge >= 0.3 is 5.97 Å². The number of rotatable bonds is 5. The SMILES string of the molecule is Cc1ccc(C(=O)N2CCCC(C(=O)NCc3ccc(C(=O)O)s3)C2)cc1. The highest BCUT2D eigenvalue weighted by molar-refractivity contribution is 7.13. The zero-order valence-electron chi connectivity index (χ0n) is 15.1. The van der Waals surface area contributed by atoms with Crippen molar-refractivity contribution in [3.05, 3.63) is 57.3 Å². The van der Waals surface area contributed by atoms with Crippen molar-refractivity contribution in [2.24, 2.45) is 5.92 Å². The van der Waals surface area contributed by atoms with E-state index in [1.807, 2.05) is 31.2 Å². The number of piperidine rings is 1. The number of thiophene rings is 1. The number of aromatic carboxylic acids is 1. The molecule has 2 amide bonds. The van der Waals surface area contributed by atoms with E-state index in [4.69, 9.17) is 5.11 Å². The predicted octanol–water partition coefficient (Wildman–Crippen LogP) is 2.92. The molecule has 1 aromatic heterocycles. The fourth-order valence-electron chi connectivity index (χ4n) is 3.16. The maximum absolute atomic E-state index is 12.7. The molecular formula is C20H22N2O4S. The normalized spacial score (nSPS) is 16.8. The first kappa shape index (κ1) is 19.1. The molecule has 1 aromatic carbocycles. The topological polar surface area (TPSA) is 86.7 Å². The van der Waals surface area contributed by atoms with Crippen LogP contribution in [0, 0.1) is 12.8 Å². The first-order valence-corrected chi connectivity index (χ1v) is 9.71. The molecule has 0 bridgehead atoms. The van der Waals surface area contributed by atoms with Crippen LogP contribution in [0.15, 0.2) is 36.4 Å². The molecule has 142 valence electrons. The second-order valence-electron chi connectivity index (χ2n) is 6.75. The molecule has 0 spiro atoms. The monoisotopic (exact) mass is 386 g/mol. The highest BCUT2D eigenvalue weighted by Crippen LogP contribution is 2.20. The zero-order valence-corrected chi connectivity index (χ0v) is 15.9. The van der Waals surface area contributed by atoms with Crippen LogP contribution in [0.3, 0.4) is 0 Å². The van der Waals surface area contributed by atoms with E-state index in [2.05, 4.69) is 5.32 Å². The Morgan fingerprint density at radius 1 is 1.19 bits per heavy atom. The van der Waals surface area contributed by atoms with Crippen LogP contribution < -0.4 is 5.32 Å². The summed E-state index contributed by atoms with van der Waals surface area (Å²) in [6.07, 6.45) is 1.53. The van der Waals surface area contributed by atoms with Gasteiger partial charge in [-0.15, -0.1) is 11.3 Å². The second-order valence-corrected chi connectivity index (χ2v) is 7.91. The van der Waals surface area contributed by atoms with Crippen molar-refractivity contribution >= 4 is 29.1 Å². The first-order valence-electron chi connectivity index (χ1n) is 8.89. The summed E-state index contributed by atoms with van der Waals surface area (Å²) in [6, 6.07) is 10.7. The first-order chi connectivity index (χ1) is 12.9. The van der Waals surface area contributed by atoms with Gasteiger partial charge in [-0.25, -0.2) is 4.79 Å². The van der Waals surface area contributed by atoms with Crippen LogP contribution in [0.25, 0.3) is 0 Å². The molecule has 6 nitrogen and oxygen atoms in total. The van der Waals surface area contributed by atoms with E-state index in [1.165, 1.54) is 6.07 Å². The van der Waals surface area contributed by atoms with E-state index in [-0.39, 0.29) is 22.6 Å². The standard InChI is InChI=1S/C20H22N2O4S/c1-13-4-6-14(7-5-13)19(24)22-10-2-3-15(12-22)18(23)21-11-16-8-9-17(27-16)20(25)26/h4-9,15H,2-3,10-12H2,1H3,(H,21,23)(H,25,26). The molecule has 1 atom stereocenters. The molecule has 0 aliphatic carbocycles. The van der Waals surface area contributed by atoms with E-state index in [0.717, 1.165) is 34.6 Å². The smallest absolute Gasteiger partial charge is 0.345 e. The van der Waals surface area contributed by atoms with Gasteiger partial charge in [-0.1, -0.05) is 17.7 Å². The highest BCUT2D eigenvalue weighted by Gasteiger charge is 2.28. The summed E-state index contributed by atoms with van der Waals surface area (Å²) in [7, 11) is 0. The Balaban J connectivity index is 1.56. The number of hydrogen-bond acceptors (Lipinski definition) is 4. The lowest BCUT2D eigenvalue weighted by Crippen LogP contribution is -2.45. The lowest BCUT2D eigenvalue weighted by atomic mass is 9.96. The van der Waals surface area contributed by atoms with Crippen molar-refractivity contribution < 1.29 is 19.5 Å². The van der Waals surface area contributed by atoms with Gasteiger partial charge in [-0.3, -0.25) is 9.59 Å². The lowest BCUT2D eigenvalue weighted by molar-refractivity contribution is -0.126. The summed E-state index contributed by atoms with van der Waals surface area (Å²) in [5, 5.41) is 11.8. The van der Waals surface area contributed by atoms with Crippen molar-refractivity contribution in [1.82, 2.24) is 10.2 Å². The fourth-order valence-corrected chi connectivity index (χ4v) is 3.95. The summed E-state index contributed by atoms with van der Waals surface area (Å²) < 4.78 is 0. The number of carboxylic acids is 1. The Hall–Kier alpha value is -2.67. The molecular weight excluding hydrogens is 364 g/mol. The van der Waals surface area contributed by atoms with Crippen molar-refractivity contribution in [2.45, 2.75) is 26.3 Å². The molecule has 2 heterocycles. The van der Waals surface area contributed by atoms with Crippen molar-refractivity contribution in [3.63, 3.8) is 0 Å². The Morgan fingerprint density at radius 2 is 1.93 bits per heavy atom. The molecule has 27 heavy (non-hydrogen) atoms. The number of amides is 2. The van der Waals surface area contributed by atoms with Crippen LogP contribution >= 0.6 is 11.3 Å². The van der Waals surface area contributed by atoms with Crippen LogP contribution in [0.5, 0.6) is 0 Å². The van der Waals surface area contributed by atoms with E-state index in [1.54, 1.807) is 11.0 Å². The van der Waals surface area contributed by atoms with Gasteiger partial charge < -0.3 is 15.3 Å². The molecule has 1 saturated heterocycles. The molecule has 1 fully saturated rings. The molecule has 7 heteroatoms. The fraction of sp³-hybridized carbons (Fsp3) is 0.350. The minimum absolute atomic E-state index is 0.0446. The van der Waals surface area contributed by atoms with Crippen LogP contribution in [0.2, 0.25) is 0 Å². The Labute approximate surface area is 161 Å². The van der Waals surface area contributed by atoms with Gasteiger partial charge in [0.05, 0.1) is 12.5 Å². The molecule has 1 aliphatic heterocycles. The maximum Gasteiger partial charge on any atom is 0.345 e. The summed E-state index contributed by atoms with van der Waals surface area (Å²) in [5.74, 6) is -1.35. The summed E-state index contributed by atoms with van der Waals surface area (Å²) >= 11 is 1.15. The van der Waals surface area contributed by atoms with Crippen molar-refractivity contribution in [2.75, 3.05) is 13.1 Å². The highest BCUT2D eigenvalue weighted by atomic mass is 32.1. The van der Waals surface area contributed by atoms with Gasteiger partial charge in [-0.05, 0) is 44.0 Å². The number of carbonyl (C=O) groups is 3. The largest absolute Gasteiger partial charge is 0.477 e. The van der Waals surface area contributed by atoms with Crippen LogP contribution in [0.4, 0.5) is 0 Å². The molecule has 1 aliphatic rings. The lowest BCUT2D eigenvalue weighted by Gasteiger charge is -2.32. The molecule has 3 rings (SSSR count). The molecule has 2 N–H and O–H groups in total. The van der Waals surface area contributed by atoms with E-state index < -0.39 is 5.97 Å².